The Kier molecular flexibility index (Phi) is 6.68. The van der Waals surface area contributed by atoms with Crippen molar-refractivity contribution in [3.8, 4) is 0 Å². The summed E-state index contributed by atoms with van der Waals surface area (Å²) in [5.74, 6) is 2.21. The highest BCUT2D eigenvalue weighted by Gasteiger charge is 2.22. The number of nitrogens with zero attached hydrogens (tertiary/aromatic N) is 5. The standard InChI is InChI=1S/C23H26N6O2/c1-18-6-5-9-20(24-18)25-21-10-11-22(27-26-21)28-12-14-29(15-13-28)23(30)17-31-16-19-7-3-2-4-8-19/h2-11H,12-17H2,1H3,(H,24,25,26). The summed E-state index contributed by atoms with van der Waals surface area (Å²) < 4.78 is 5.58. The van der Waals surface area contributed by atoms with Crippen LogP contribution in [0.15, 0.2) is 60.7 Å². The summed E-state index contributed by atoms with van der Waals surface area (Å²) in [4.78, 5) is 20.8. The van der Waals surface area contributed by atoms with Crippen molar-refractivity contribution in [1.29, 1.82) is 0 Å². The minimum Gasteiger partial charge on any atom is -0.367 e. The van der Waals surface area contributed by atoms with E-state index in [0.717, 1.165) is 22.9 Å². The van der Waals surface area contributed by atoms with Crippen molar-refractivity contribution in [2.24, 2.45) is 0 Å². The maximum absolute atomic E-state index is 12.4. The van der Waals surface area contributed by atoms with Crippen LogP contribution in [-0.4, -0.2) is 58.8 Å². The summed E-state index contributed by atoms with van der Waals surface area (Å²) in [5, 5.41) is 11.7. The Labute approximate surface area is 181 Å². The summed E-state index contributed by atoms with van der Waals surface area (Å²) >= 11 is 0. The van der Waals surface area contributed by atoms with Crippen LogP contribution in [0.5, 0.6) is 0 Å². The molecule has 1 aromatic carbocycles. The molecule has 31 heavy (non-hydrogen) atoms. The van der Waals surface area contributed by atoms with E-state index in [4.69, 9.17) is 4.74 Å². The predicted molar refractivity (Wildman–Crippen MR) is 119 cm³/mol. The van der Waals surface area contributed by atoms with E-state index >= 15 is 0 Å². The lowest BCUT2D eigenvalue weighted by Gasteiger charge is -2.35. The van der Waals surface area contributed by atoms with Gasteiger partial charge in [-0.3, -0.25) is 4.79 Å². The number of piperazine rings is 1. The van der Waals surface area contributed by atoms with Gasteiger partial charge in [-0.05, 0) is 36.8 Å². The third kappa shape index (κ3) is 5.76. The SMILES string of the molecule is Cc1cccc(Nc2ccc(N3CCN(C(=O)COCc4ccccc4)CC3)nn2)n1. The van der Waals surface area contributed by atoms with Gasteiger partial charge in [0.1, 0.15) is 12.4 Å². The van der Waals surface area contributed by atoms with E-state index in [2.05, 4.69) is 25.4 Å². The van der Waals surface area contributed by atoms with Crippen LogP contribution in [0.1, 0.15) is 11.3 Å². The number of aryl methyl sites for hydroxylation is 1. The summed E-state index contributed by atoms with van der Waals surface area (Å²) in [6.45, 7) is 5.20. The fraction of sp³-hybridized carbons (Fsp3) is 0.304. The third-order valence-corrected chi connectivity index (χ3v) is 5.09. The molecule has 0 bridgehead atoms. The second-order valence-electron chi connectivity index (χ2n) is 7.41. The number of hydrogen-bond acceptors (Lipinski definition) is 7. The number of hydrogen-bond donors (Lipinski definition) is 1. The Morgan fingerprint density at radius 2 is 1.74 bits per heavy atom. The average Bonchev–Trinajstić information content (AvgIpc) is 2.80. The van der Waals surface area contributed by atoms with Gasteiger partial charge in [-0.1, -0.05) is 36.4 Å². The lowest BCUT2D eigenvalue weighted by atomic mass is 10.2. The Hall–Kier alpha value is -3.52. The number of carbonyl (C=O) groups excluding carboxylic acids is 1. The zero-order valence-electron chi connectivity index (χ0n) is 17.6. The zero-order valence-corrected chi connectivity index (χ0v) is 17.6. The molecule has 1 saturated heterocycles. The summed E-state index contributed by atoms with van der Waals surface area (Å²) in [6.07, 6.45) is 0. The Balaban J connectivity index is 1.23. The highest BCUT2D eigenvalue weighted by Crippen LogP contribution is 2.17. The molecule has 1 aliphatic heterocycles. The first-order valence-corrected chi connectivity index (χ1v) is 10.4. The predicted octanol–water partition coefficient (Wildman–Crippen LogP) is 2.79. The number of rotatable bonds is 7. The molecule has 0 atom stereocenters. The molecule has 0 saturated carbocycles. The molecule has 0 unspecified atom stereocenters. The van der Waals surface area contributed by atoms with E-state index in [0.29, 0.717) is 38.6 Å². The number of carbonyl (C=O) groups is 1. The van der Waals surface area contributed by atoms with Gasteiger partial charge < -0.3 is 19.9 Å². The van der Waals surface area contributed by atoms with E-state index < -0.39 is 0 Å². The minimum atomic E-state index is 0.0202. The van der Waals surface area contributed by atoms with Gasteiger partial charge in [0.2, 0.25) is 5.91 Å². The summed E-state index contributed by atoms with van der Waals surface area (Å²) in [6, 6.07) is 19.5. The van der Waals surface area contributed by atoms with E-state index in [1.807, 2.05) is 72.5 Å². The molecule has 0 radical (unpaired) electrons. The van der Waals surface area contributed by atoms with Crippen molar-refractivity contribution in [2.75, 3.05) is 43.0 Å². The van der Waals surface area contributed by atoms with Crippen molar-refractivity contribution >= 4 is 23.4 Å². The van der Waals surface area contributed by atoms with Gasteiger partial charge >= 0.3 is 0 Å². The van der Waals surface area contributed by atoms with Crippen molar-refractivity contribution < 1.29 is 9.53 Å². The smallest absolute Gasteiger partial charge is 0.248 e. The lowest BCUT2D eigenvalue weighted by Crippen LogP contribution is -2.50. The first-order chi connectivity index (χ1) is 15.2. The molecule has 3 aromatic rings. The molecule has 1 fully saturated rings. The molecule has 0 spiro atoms. The van der Waals surface area contributed by atoms with Crippen LogP contribution in [0, 0.1) is 6.92 Å². The fourth-order valence-corrected chi connectivity index (χ4v) is 3.41. The monoisotopic (exact) mass is 418 g/mol. The van der Waals surface area contributed by atoms with Gasteiger partial charge in [-0.2, -0.15) is 0 Å². The number of benzene rings is 1. The van der Waals surface area contributed by atoms with E-state index in [1.54, 1.807) is 0 Å². The van der Waals surface area contributed by atoms with Gasteiger partial charge in [0, 0.05) is 31.9 Å². The third-order valence-electron chi connectivity index (χ3n) is 5.09. The number of anilines is 3. The molecule has 160 valence electrons. The van der Waals surface area contributed by atoms with E-state index in [1.165, 1.54) is 0 Å². The molecule has 1 amide bonds. The second-order valence-corrected chi connectivity index (χ2v) is 7.41. The molecular formula is C23H26N6O2. The van der Waals surface area contributed by atoms with Gasteiger partial charge in [0.05, 0.1) is 6.61 Å². The highest BCUT2D eigenvalue weighted by molar-refractivity contribution is 5.77. The maximum Gasteiger partial charge on any atom is 0.248 e. The lowest BCUT2D eigenvalue weighted by molar-refractivity contribution is -0.136. The van der Waals surface area contributed by atoms with Crippen LogP contribution in [0.25, 0.3) is 0 Å². The van der Waals surface area contributed by atoms with Gasteiger partial charge in [0.25, 0.3) is 0 Å². The Morgan fingerprint density at radius 3 is 2.45 bits per heavy atom. The van der Waals surface area contributed by atoms with E-state index in [9.17, 15) is 4.79 Å². The zero-order chi connectivity index (χ0) is 21.5. The van der Waals surface area contributed by atoms with Crippen LogP contribution in [0.2, 0.25) is 0 Å². The van der Waals surface area contributed by atoms with Crippen LogP contribution < -0.4 is 10.2 Å². The number of aromatic nitrogens is 3. The number of nitrogens with one attached hydrogen (secondary N) is 1. The summed E-state index contributed by atoms with van der Waals surface area (Å²) in [7, 11) is 0. The first-order valence-electron chi connectivity index (χ1n) is 10.4. The first kappa shape index (κ1) is 20.7. The average molecular weight is 419 g/mol. The molecule has 8 heteroatoms. The highest BCUT2D eigenvalue weighted by atomic mass is 16.5. The van der Waals surface area contributed by atoms with Crippen molar-refractivity contribution in [3.63, 3.8) is 0 Å². The van der Waals surface area contributed by atoms with Crippen LogP contribution >= 0.6 is 0 Å². The fourth-order valence-electron chi connectivity index (χ4n) is 3.41. The van der Waals surface area contributed by atoms with Crippen LogP contribution in [0.3, 0.4) is 0 Å². The molecule has 4 rings (SSSR count). The maximum atomic E-state index is 12.4. The van der Waals surface area contributed by atoms with Gasteiger partial charge in [-0.25, -0.2) is 4.98 Å². The molecule has 8 nitrogen and oxygen atoms in total. The topological polar surface area (TPSA) is 83.5 Å². The minimum absolute atomic E-state index is 0.0202. The summed E-state index contributed by atoms with van der Waals surface area (Å²) in [5.41, 5.74) is 2.00. The van der Waals surface area contributed by atoms with Crippen LogP contribution in [0.4, 0.5) is 17.5 Å². The molecule has 3 heterocycles. The molecule has 1 N–H and O–H groups in total. The molecule has 2 aromatic heterocycles. The Morgan fingerprint density at radius 1 is 0.935 bits per heavy atom. The van der Waals surface area contributed by atoms with Crippen LogP contribution in [-0.2, 0) is 16.1 Å². The van der Waals surface area contributed by atoms with Gasteiger partial charge in [-0.15, -0.1) is 10.2 Å². The molecular weight excluding hydrogens is 392 g/mol. The largest absolute Gasteiger partial charge is 0.367 e. The number of pyridine rings is 1. The van der Waals surface area contributed by atoms with Crippen molar-refractivity contribution in [1.82, 2.24) is 20.1 Å². The van der Waals surface area contributed by atoms with Gasteiger partial charge in [0.15, 0.2) is 11.6 Å². The normalized spacial score (nSPS) is 13.8. The van der Waals surface area contributed by atoms with E-state index in [-0.39, 0.29) is 12.5 Å². The molecule has 0 aliphatic carbocycles. The Bertz CT molecular complexity index is 988. The number of ether oxygens (including phenoxy) is 1. The quantitative estimate of drug-likeness (QED) is 0.632. The van der Waals surface area contributed by atoms with Crippen molar-refractivity contribution in [3.05, 3.63) is 71.9 Å². The number of amides is 1. The molecule has 1 aliphatic rings. The van der Waals surface area contributed by atoms with Crippen molar-refractivity contribution in [2.45, 2.75) is 13.5 Å². The second kappa shape index (κ2) is 9.99.